The van der Waals surface area contributed by atoms with Gasteiger partial charge in [-0.3, -0.25) is 14.4 Å². The van der Waals surface area contributed by atoms with Crippen molar-refractivity contribution in [2.45, 2.75) is 321 Å². The maximum Gasteiger partial charge on any atom is 0.306 e. The van der Waals surface area contributed by atoms with E-state index in [0.29, 0.717) is 19.3 Å². The van der Waals surface area contributed by atoms with Gasteiger partial charge in [-0.15, -0.1) is 0 Å². The Bertz CT molecular complexity index is 1180. The Morgan fingerprint density at radius 3 is 0.939 bits per heavy atom. The predicted octanol–water partition coefficient (Wildman–Crippen LogP) is 16.6. The van der Waals surface area contributed by atoms with Crippen LogP contribution >= 0.6 is 12.2 Å². The summed E-state index contributed by atoms with van der Waals surface area (Å²) in [6.45, 7) is 6.80. The van der Waals surface area contributed by atoms with Crippen molar-refractivity contribution in [3.8, 4) is 0 Å². The van der Waals surface area contributed by atoms with Gasteiger partial charge in [0.15, 0.2) is 24.6 Å². The van der Waals surface area contributed by atoms with Gasteiger partial charge in [-0.05, 0) is 31.5 Å². The van der Waals surface area contributed by atoms with Crippen molar-refractivity contribution in [3.63, 3.8) is 0 Å². The number of isothiocyanates is 1. The SMILES string of the molecule is CCCCCCCCCCCCCCCC(=O)O[C@@H]1[C@@H](OC(=O)CCCCCCCCCCCCCCC)[C@@H](OC)O[C@H](CN=C=S)[C@H]1OC(=O)CCCCCCCCCCCCCCC. The lowest BCUT2D eigenvalue weighted by Gasteiger charge is -2.43. The first-order valence-electron chi connectivity index (χ1n) is 28.2. The molecular weight excluding hydrogens is 847 g/mol. The number of nitrogens with zero attached hydrogens (tertiary/aromatic N) is 1. The average Bonchev–Trinajstić information content (AvgIpc) is 3.31. The highest BCUT2D eigenvalue weighted by Gasteiger charge is 2.52. The summed E-state index contributed by atoms with van der Waals surface area (Å²) in [6.07, 6.45) is 42.6. The molecule has 0 aromatic carbocycles. The van der Waals surface area contributed by atoms with Gasteiger partial charge in [0.2, 0.25) is 0 Å². The minimum Gasteiger partial charge on any atom is -0.455 e. The average molecular weight is 951 g/mol. The molecule has 386 valence electrons. The first kappa shape index (κ1) is 62.1. The molecule has 1 saturated heterocycles. The molecule has 10 heteroatoms. The smallest absolute Gasteiger partial charge is 0.306 e. The largest absolute Gasteiger partial charge is 0.455 e. The zero-order chi connectivity index (χ0) is 48.0. The second kappa shape index (κ2) is 46.8. The maximum atomic E-state index is 13.6. The lowest BCUT2D eigenvalue weighted by molar-refractivity contribution is -0.297. The number of methoxy groups -OCH3 is 1. The minimum absolute atomic E-state index is 0.0204. The summed E-state index contributed by atoms with van der Waals surface area (Å²) < 4.78 is 30.3. The predicted molar refractivity (Wildman–Crippen MR) is 276 cm³/mol. The van der Waals surface area contributed by atoms with Crippen LogP contribution in [-0.2, 0) is 38.1 Å². The van der Waals surface area contributed by atoms with E-state index in [1.165, 1.54) is 193 Å². The van der Waals surface area contributed by atoms with Gasteiger partial charge in [0.1, 0.15) is 6.10 Å². The number of carbonyl (C=O) groups is 3. The Balaban J connectivity index is 2.79. The molecule has 0 aromatic rings. The van der Waals surface area contributed by atoms with Gasteiger partial charge >= 0.3 is 17.9 Å². The number of esters is 3. The maximum absolute atomic E-state index is 13.6. The quantitative estimate of drug-likeness (QED) is 0.0194. The molecule has 1 fully saturated rings. The van der Waals surface area contributed by atoms with E-state index < -0.39 is 48.6 Å². The van der Waals surface area contributed by atoms with Crippen LogP contribution in [0.5, 0.6) is 0 Å². The second-order valence-electron chi connectivity index (χ2n) is 19.6. The topological polar surface area (TPSA) is 110 Å². The Labute approximate surface area is 411 Å². The van der Waals surface area contributed by atoms with E-state index in [0.717, 1.165) is 44.9 Å². The number of carbonyl (C=O) groups excluding carboxylic acids is 3. The van der Waals surface area contributed by atoms with Crippen molar-refractivity contribution in [3.05, 3.63) is 0 Å². The molecule has 1 aliphatic heterocycles. The molecule has 0 radical (unpaired) electrons. The number of thiocarbonyl (C=S) groups is 1. The highest BCUT2D eigenvalue weighted by molar-refractivity contribution is 7.78. The summed E-state index contributed by atoms with van der Waals surface area (Å²) in [4.78, 5) is 44.6. The van der Waals surface area contributed by atoms with Crippen LogP contribution in [0.25, 0.3) is 0 Å². The monoisotopic (exact) mass is 950 g/mol. The second-order valence-corrected chi connectivity index (χ2v) is 19.7. The zero-order valence-electron chi connectivity index (χ0n) is 43.4. The van der Waals surface area contributed by atoms with E-state index in [4.69, 9.17) is 35.9 Å². The molecule has 1 rings (SSSR count). The van der Waals surface area contributed by atoms with Crippen LogP contribution in [0.1, 0.15) is 290 Å². The zero-order valence-corrected chi connectivity index (χ0v) is 44.2. The number of ether oxygens (including phenoxy) is 5. The Morgan fingerprint density at radius 2 is 0.667 bits per heavy atom. The fourth-order valence-electron chi connectivity index (χ4n) is 9.24. The van der Waals surface area contributed by atoms with E-state index in [-0.39, 0.29) is 25.8 Å². The molecule has 0 aromatic heterocycles. The number of hydrogen-bond acceptors (Lipinski definition) is 10. The van der Waals surface area contributed by atoms with Crippen molar-refractivity contribution in [1.82, 2.24) is 0 Å². The Kier molecular flexibility index (Phi) is 44.1. The molecule has 0 bridgehead atoms. The molecule has 0 amide bonds. The third kappa shape index (κ3) is 35.3. The molecule has 0 spiro atoms. The fraction of sp³-hybridized carbons (Fsp3) is 0.929. The first-order chi connectivity index (χ1) is 32.4. The van der Waals surface area contributed by atoms with Gasteiger partial charge in [0.05, 0.1) is 11.7 Å². The highest BCUT2D eigenvalue weighted by atomic mass is 32.1. The molecule has 0 aliphatic carbocycles. The molecule has 9 nitrogen and oxygen atoms in total. The van der Waals surface area contributed by atoms with E-state index in [2.05, 4.69) is 30.9 Å². The lowest BCUT2D eigenvalue weighted by atomic mass is 9.97. The van der Waals surface area contributed by atoms with Crippen LogP contribution in [-0.4, -0.2) is 67.4 Å². The first-order valence-corrected chi connectivity index (χ1v) is 28.6. The Morgan fingerprint density at radius 1 is 0.409 bits per heavy atom. The van der Waals surface area contributed by atoms with Gasteiger partial charge in [-0.1, -0.05) is 252 Å². The van der Waals surface area contributed by atoms with Gasteiger partial charge < -0.3 is 23.7 Å². The molecular formula is C56H103NO8S. The molecule has 0 unspecified atom stereocenters. The van der Waals surface area contributed by atoms with Crippen LogP contribution < -0.4 is 0 Å². The molecule has 5 atom stereocenters. The van der Waals surface area contributed by atoms with E-state index in [1.807, 2.05) is 0 Å². The van der Waals surface area contributed by atoms with Crippen molar-refractivity contribution < 1.29 is 38.1 Å². The van der Waals surface area contributed by atoms with Gasteiger partial charge in [0, 0.05) is 26.4 Å². The number of hydrogen-bond donors (Lipinski definition) is 0. The van der Waals surface area contributed by atoms with Crippen LogP contribution in [0.15, 0.2) is 4.99 Å². The standard InChI is InChI=1S/C56H103NO8S/c1-5-8-11-14-17-20-23-26-29-32-35-38-41-44-50(58)63-53-49(47-57-48-66)62-56(61-4)55(65-52(60)46-43-40-37-34-31-28-25-22-19-16-13-10-7-3)54(53)64-51(59)45-42-39-36-33-30-27-24-21-18-15-12-9-6-2/h49,53-56H,5-47H2,1-4H3/t49-,53-,54+,55-,56+/m1/s1. The van der Waals surface area contributed by atoms with E-state index in [9.17, 15) is 14.4 Å². The molecule has 1 aliphatic rings. The summed E-state index contributed by atoms with van der Waals surface area (Å²) in [5, 5.41) is 2.38. The van der Waals surface area contributed by atoms with Crippen LogP contribution in [0.3, 0.4) is 0 Å². The van der Waals surface area contributed by atoms with Crippen molar-refractivity contribution in [2.24, 2.45) is 4.99 Å². The minimum atomic E-state index is -1.13. The summed E-state index contributed by atoms with van der Waals surface area (Å²) in [7, 11) is 1.46. The number of rotatable bonds is 48. The van der Waals surface area contributed by atoms with Crippen LogP contribution in [0.2, 0.25) is 0 Å². The van der Waals surface area contributed by atoms with Gasteiger partial charge in [-0.25, -0.2) is 4.99 Å². The fourth-order valence-corrected chi connectivity index (χ4v) is 9.31. The molecule has 0 N–H and O–H groups in total. The summed E-state index contributed by atoms with van der Waals surface area (Å²) in [5.74, 6) is -1.25. The third-order valence-corrected chi connectivity index (χ3v) is 13.5. The summed E-state index contributed by atoms with van der Waals surface area (Å²) in [6, 6.07) is 0. The summed E-state index contributed by atoms with van der Waals surface area (Å²) in [5.41, 5.74) is 0. The van der Waals surface area contributed by atoms with Crippen LogP contribution in [0, 0.1) is 0 Å². The lowest BCUT2D eigenvalue weighted by Crippen LogP contribution is -2.62. The number of aliphatic imine (C=N–C) groups is 1. The van der Waals surface area contributed by atoms with Crippen LogP contribution in [0.4, 0.5) is 0 Å². The van der Waals surface area contributed by atoms with Gasteiger partial charge in [0.25, 0.3) is 0 Å². The van der Waals surface area contributed by atoms with E-state index >= 15 is 0 Å². The van der Waals surface area contributed by atoms with Crippen molar-refractivity contribution in [2.75, 3.05) is 13.7 Å². The van der Waals surface area contributed by atoms with Crippen molar-refractivity contribution >= 4 is 35.3 Å². The van der Waals surface area contributed by atoms with E-state index in [1.54, 1.807) is 0 Å². The highest BCUT2D eigenvalue weighted by Crippen LogP contribution is 2.31. The summed E-state index contributed by atoms with van der Waals surface area (Å²) >= 11 is 4.89. The van der Waals surface area contributed by atoms with Gasteiger partial charge in [-0.2, -0.15) is 0 Å². The third-order valence-electron chi connectivity index (χ3n) is 13.4. The van der Waals surface area contributed by atoms with Crippen molar-refractivity contribution in [1.29, 1.82) is 0 Å². The number of unbranched alkanes of at least 4 members (excludes halogenated alkanes) is 36. The Hall–Kier alpha value is -1.87. The molecule has 66 heavy (non-hydrogen) atoms. The normalized spacial score (nSPS) is 18.2. The molecule has 0 saturated carbocycles. The molecule has 1 heterocycles.